The lowest BCUT2D eigenvalue weighted by molar-refractivity contribution is 0.270. The summed E-state index contributed by atoms with van der Waals surface area (Å²) >= 11 is 0. The molecule has 0 saturated carbocycles. The smallest absolute Gasteiger partial charge is 0.136 e. The predicted molar refractivity (Wildman–Crippen MR) is 62.6 cm³/mol. The van der Waals surface area contributed by atoms with E-state index in [1.165, 1.54) is 0 Å². The highest BCUT2D eigenvalue weighted by Crippen LogP contribution is 2.27. The van der Waals surface area contributed by atoms with E-state index >= 15 is 0 Å². The number of rotatable bonds is 4. The summed E-state index contributed by atoms with van der Waals surface area (Å²) in [6.07, 6.45) is 3.15. The lowest BCUT2D eigenvalue weighted by atomic mass is 10.2. The van der Waals surface area contributed by atoms with Gasteiger partial charge in [-0.1, -0.05) is 18.2 Å². The fourth-order valence-corrected chi connectivity index (χ4v) is 1.49. The van der Waals surface area contributed by atoms with Crippen molar-refractivity contribution in [3.05, 3.63) is 53.9 Å². The van der Waals surface area contributed by atoms with Gasteiger partial charge in [0.25, 0.3) is 0 Å². The summed E-state index contributed by atoms with van der Waals surface area (Å²) in [5, 5.41) is 18.3. The maximum Gasteiger partial charge on any atom is 0.136 e. The highest BCUT2D eigenvalue weighted by molar-refractivity contribution is 5.39. The van der Waals surface area contributed by atoms with Crippen LogP contribution in [0.4, 0.5) is 0 Å². The third kappa shape index (κ3) is 2.61. The average Bonchev–Trinajstić information content (AvgIpc) is 2.40. The normalized spacial score (nSPS) is 10.2. The maximum atomic E-state index is 9.18. The van der Waals surface area contributed by atoms with Crippen LogP contribution < -0.4 is 4.74 Å². The Morgan fingerprint density at radius 1 is 0.941 bits per heavy atom. The molecule has 4 nitrogen and oxygen atoms in total. The van der Waals surface area contributed by atoms with Crippen LogP contribution in [-0.4, -0.2) is 15.2 Å². The van der Waals surface area contributed by atoms with Crippen LogP contribution in [0.15, 0.2) is 42.7 Å². The van der Waals surface area contributed by atoms with E-state index in [-0.39, 0.29) is 13.2 Å². The van der Waals surface area contributed by atoms with E-state index in [1.807, 2.05) is 12.1 Å². The molecule has 0 saturated heterocycles. The fourth-order valence-electron chi connectivity index (χ4n) is 1.49. The van der Waals surface area contributed by atoms with Crippen LogP contribution in [0.1, 0.15) is 11.1 Å². The van der Waals surface area contributed by atoms with Crippen molar-refractivity contribution in [1.82, 2.24) is 4.98 Å². The molecule has 2 aromatic rings. The van der Waals surface area contributed by atoms with E-state index in [4.69, 9.17) is 9.84 Å². The summed E-state index contributed by atoms with van der Waals surface area (Å²) in [6.45, 7) is -0.222. The van der Waals surface area contributed by atoms with E-state index in [2.05, 4.69) is 4.98 Å². The first-order valence-electron chi connectivity index (χ1n) is 5.25. The van der Waals surface area contributed by atoms with Gasteiger partial charge in [-0.15, -0.1) is 0 Å². The molecule has 0 unspecified atom stereocenters. The zero-order chi connectivity index (χ0) is 12.1. The second kappa shape index (κ2) is 5.43. The van der Waals surface area contributed by atoms with Crippen molar-refractivity contribution in [2.24, 2.45) is 0 Å². The van der Waals surface area contributed by atoms with Crippen molar-refractivity contribution in [2.45, 2.75) is 13.2 Å². The maximum absolute atomic E-state index is 9.18. The molecule has 0 bridgehead atoms. The van der Waals surface area contributed by atoms with Crippen LogP contribution in [0.2, 0.25) is 0 Å². The number of aliphatic hydroxyl groups is 2. The van der Waals surface area contributed by atoms with Crippen LogP contribution in [0.5, 0.6) is 11.5 Å². The summed E-state index contributed by atoms with van der Waals surface area (Å²) in [5.41, 5.74) is 1.31. The van der Waals surface area contributed by atoms with Gasteiger partial charge in [0.1, 0.15) is 11.5 Å². The Hall–Kier alpha value is -1.91. The van der Waals surface area contributed by atoms with Crippen molar-refractivity contribution in [3.8, 4) is 11.5 Å². The molecule has 0 aliphatic heterocycles. The van der Waals surface area contributed by atoms with Crippen molar-refractivity contribution in [3.63, 3.8) is 0 Å². The Morgan fingerprint density at radius 2 is 1.65 bits per heavy atom. The number of hydrogen-bond donors (Lipinski definition) is 2. The number of hydrogen-bond acceptors (Lipinski definition) is 4. The van der Waals surface area contributed by atoms with Gasteiger partial charge in [0, 0.05) is 23.5 Å². The van der Waals surface area contributed by atoms with Gasteiger partial charge < -0.3 is 14.9 Å². The van der Waals surface area contributed by atoms with E-state index < -0.39 is 0 Å². The third-order valence-electron chi connectivity index (χ3n) is 2.39. The molecular weight excluding hydrogens is 218 g/mol. The van der Waals surface area contributed by atoms with Gasteiger partial charge in [-0.3, -0.25) is 4.98 Å². The molecule has 1 aromatic carbocycles. The third-order valence-corrected chi connectivity index (χ3v) is 2.39. The lowest BCUT2D eigenvalue weighted by Crippen LogP contribution is -1.95. The van der Waals surface area contributed by atoms with Gasteiger partial charge in [0.05, 0.1) is 13.2 Å². The first-order chi connectivity index (χ1) is 8.35. The zero-order valence-corrected chi connectivity index (χ0v) is 9.21. The first-order valence-corrected chi connectivity index (χ1v) is 5.25. The van der Waals surface area contributed by atoms with Gasteiger partial charge >= 0.3 is 0 Å². The Morgan fingerprint density at radius 3 is 2.41 bits per heavy atom. The fraction of sp³-hybridized carbons (Fsp3) is 0.154. The second-order valence-corrected chi connectivity index (χ2v) is 3.51. The lowest BCUT2D eigenvalue weighted by Gasteiger charge is -2.11. The second-order valence-electron chi connectivity index (χ2n) is 3.51. The standard InChI is InChI=1S/C13H13NO3/c15-8-10-3-1-2-4-12(10)17-13-5-6-14-7-11(13)9-16/h1-7,15-16H,8-9H2. The molecule has 2 N–H and O–H groups in total. The molecule has 17 heavy (non-hydrogen) atoms. The number of pyridine rings is 1. The molecule has 0 radical (unpaired) electrons. The Kier molecular flexibility index (Phi) is 3.69. The zero-order valence-electron chi connectivity index (χ0n) is 9.21. The van der Waals surface area contributed by atoms with Crippen LogP contribution in [0, 0.1) is 0 Å². The minimum atomic E-state index is -0.134. The number of aliphatic hydroxyl groups excluding tert-OH is 2. The molecule has 88 valence electrons. The predicted octanol–water partition coefficient (Wildman–Crippen LogP) is 1.86. The SMILES string of the molecule is OCc1ccccc1Oc1ccncc1CO. The van der Waals surface area contributed by atoms with Gasteiger partial charge in [0.2, 0.25) is 0 Å². The minimum Gasteiger partial charge on any atom is -0.456 e. The molecule has 0 aliphatic carbocycles. The van der Waals surface area contributed by atoms with Crippen molar-refractivity contribution in [1.29, 1.82) is 0 Å². The van der Waals surface area contributed by atoms with E-state index in [1.54, 1.807) is 30.6 Å². The molecule has 0 atom stereocenters. The van der Waals surface area contributed by atoms with Crippen LogP contribution >= 0.6 is 0 Å². The quantitative estimate of drug-likeness (QED) is 0.843. The number of nitrogens with zero attached hydrogens (tertiary/aromatic N) is 1. The summed E-state index contributed by atoms with van der Waals surface area (Å²) in [6, 6.07) is 8.90. The number of benzene rings is 1. The summed E-state index contributed by atoms with van der Waals surface area (Å²) in [7, 11) is 0. The Labute approximate surface area is 99.1 Å². The van der Waals surface area contributed by atoms with E-state index in [0.29, 0.717) is 22.6 Å². The molecule has 1 heterocycles. The van der Waals surface area contributed by atoms with Crippen molar-refractivity contribution in [2.75, 3.05) is 0 Å². The molecular formula is C13H13NO3. The Bertz CT molecular complexity index is 454. The highest BCUT2D eigenvalue weighted by atomic mass is 16.5. The molecule has 0 spiro atoms. The van der Waals surface area contributed by atoms with Crippen LogP contribution in [-0.2, 0) is 13.2 Å². The molecule has 2 rings (SSSR count). The summed E-state index contributed by atoms with van der Waals surface area (Å²) < 4.78 is 5.66. The van der Waals surface area contributed by atoms with E-state index in [0.717, 1.165) is 0 Å². The molecule has 0 aliphatic rings. The highest BCUT2D eigenvalue weighted by Gasteiger charge is 2.06. The molecule has 0 amide bonds. The Balaban J connectivity index is 2.31. The van der Waals surface area contributed by atoms with Crippen LogP contribution in [0.25, 0.3) is 0 Å². The molecule has 4 heteroatoms. The first kappa shape index (κ1) is 11.6. The largest absolute Gasteiger partial charge is 0.456 e. The van der Waals surface area contributed by atoms with Gasteiger partial charge in [-0.25, -0.2) is 0 Å². The summed E-state index contributed by atoms with van der Waals surface area (Å²) in [5.74, 6) is 1.12. The number of aromatic nitrogens is 1. The molecule has 1 aromatic heterocycles. The van der Waals surface area contributed by atoms with Crippen molar-refractivity contribution < 1.29 is 14.9 Å². The summed E-state index contributed by atoms with van der Waals surface area (Å²) in [4.78, 5) is 3.91. The van der Waals surface area contributed by atoms with Gasteiger partial charge in [-0.2, -0.15) is 0 Å². The molecule has 0 fully saturated rings. The number of para-hydroxylation sites is 1. The van der Waals surface area contributed by atoms with Gasteiger partial charge in [-0.05, 0) is 12.1 Å². The monoisotopic (exact) mass is 231 g/mol. The topological polar surface area (TPSA) is 62.6 Å². The van der Waals surface area contributed by atoms with Crippen LogP contribution in [0.3, 0.4) is 0 Å². The average molecular weight is 231 g/mol. The van der Waals surface area contributed by atoms with Gasteiger partial charge in [0.15, 0.2) is 0 Å². The van der Waals surface area contributed by atoms with E-state index in [9.17, 15) is 5.11 Å². The number of ether oxygens (including phenoxy) is 1. The van der Waals surface area contributed by atoms with Crippen molar-refractivity contribution >= 4 is 0 Å². The minimum absolute atomic E-state index is 0.0876.